The van der Waals surface area contributed by atoms with E-state index in [1.54, 1.807) is 4.57 Å². The van der Waals surface area contributed by atoms with E-state index in [-0.39, 0.29) is 0 Å². The third-order valence-corrected chi connectivity index (χ3v) is 5.86. The van der Waals surface area contributed by atoms with E-state index in [4.69, 9.17) is 0 Å². The van der Waals surface area contributed by atoms with Crippen LogP contribution in [0.3, 0.4) is 0 Å². The molecule has 4 aliphatic carbocycles. The number of hydrogen-bond acceptors (Lipinski definition) is 1. The average molecular weight is 259 g/mol. The second kappa shape index (κ2) is 3.87. The fourth-order valence-corrected chi connectivity index (χ4v) is 5.45. The first kappa shape index (κ1) is 11.6. The molecule has 102 valence electrons. The molecule has 1 aromatic rings. The van der Waals surface area contributed by atoms with Gasteiger partial charge in [0.2, 0.25) is 0 Å². The summed E-state index contributed by atoms with van der Waals surface area (Å²) in [5, 5.41) is 9.21. The van der Waals surface area contributed by atoms with Gasteiger partial charge >= 0.3 is 5.97 Å². The van der Waals surface area contributed by atoms with Crippen molar-refractivity contribution in [1.29, 1.82) is 0 Å². The van der Waals surface area contributed by atoms with Gasteiger partial charge in [0.25, 0.3) is 0 Å². The summed E-state index contributed by atoms with van der Waals surface area (Å²) in [5.41, 5.74) is 1.72. The molecule has 0 unspecified atom stereocenters. The Morgan fingerprint density at radius 1 is 1.16 bits per heavy atom. The van der Waals surface area contributed by atoms with Gasteiger partial charge in [-0.2, -0.15) is 0 Å². The molecule has 4 saturated carbocycles. The molecule has 0 aliphatic heterocycles. The fraction of sp³-hybridized carbons (Fsp3) is 0.688. The second-order valence-electron chi connectivity index (χ2n) is 7.03. The molecule has 3 nitrogen and oxygen atoms in total. The number of carboxylic acids is 1. The van der Waals surface area contributed by atoms with E-state index >= 15 is 0 Å². The molecule has 4 bridgehead atoms. The van der Waals surface area contributed by atoms with Gasteiger partial charge in [-0.05, 0) is 73.3 Å². The van der Waals surface area contributed by atoms with Crippen molar-refractivity contribution in [1.82, 2.24) is 4.57 Å². The summed E-state index contributed by atoms with van der Waals surface area (Å²) in [5.74, 6) is 3.41. The molecule has 0 radical (unpaired) electrons. The largest absolute Gasteiger partial charge is 0.477 e. The highest BCUT2D eigenvalue weighted by molar-refractivity contribution is 5.86. The van der Waals surface area contributed by atoms with Gasteiger partial charge in [0.1, 0.15) is 5.69 Å². The fourth-order valence-electron chi connectivity index (χ4n) is 5.45. The van der Waals surface area contributed by atoms with E-state index in [0.717, 1.165) is 23.7 Å². The first-order chi connectivity index (χ1) is 9.11. The molecule has 0 amide bonds. The number of aryl methyl sites for hydroxylation is 1. The number of rotatable bonds is 2. The zero-order valence-corrected chi connectivity index (χ0v) is 11.4. The number of carboxylic acid groups (broad SMARTS) is 1. The van der Waals surface area contributed by atoms with Gasteiger partial charge in [-0.1, -0.05) is 0 Å². The Bertz CT molecular complexity index is 503. The van der Waals surface area contributed by atoms with Gasteiger partial charge in [0.05, 0.1) is 0 Å². The maximum absolute atomic E-state index is 11.2. The van der Waals surface area contributed by atoms with Crippen molar-refractivity contribution < 1.29 is 9.90 Å². The minimum absolute atomic E-state index is 0.434. The summed E-state index contributed by atoms with van der Waals surface area (Å²) in [7, 11) is 1.85. The van der Waals surface area contributed by atoms with Gasteiger partial charge < -0.3 is 9.67 Å². The Morgan fingerprint density at radius 2 is 1.74 bits per heavy atom. The Hall–Kier alpha value is -1.25. The minimum atomic E-state index is -0.808. The standard InChI is InChI=1S/C16H21NO2/c1-17-8-13(7-14(17)16(18)19)15-11-3-9-2-10(5-11)6-12(15)4-9/h7-12,15H,2-6H2,1H3,(H,18,19). The molecule has 1 heterocycles. The molecule has 0 saturated heterocycles. The second-order valence-corrected chi connectivity index (χ2v) is 7.03. The first-order valence-corrected chi connectivity index (χ1v) is 7.51. The predicted octanol–water partition coefficient (Wildman–Crippen LogP) is 3.26. The first-order valence-electron chi connectivity index (χ1n) is 7.51. The topological polar surface area (TPSA) is 42.2 Å². The van der Waals surface area contributed by atoms with Crippen molar-refractivity contribution in [3.63, 3.8) is 0 Å². The van der Waals surface area contributed by atoms with Crippen LogP contribution in [-0.2, 0) is 7.05 Å². The zero-order valence-electron chi connectivity index (χ0n) is 11.4. The number of carbonyl (C=O) groups is 1. The van der Waals surface area contributed by atoms with Gasteiger partial charge in [0, 0.05) is 13.2 Å². The lowest BCUT2D eigenvalue weighted by atomic mass is 9.51. The SMILES string of the molecule is Cn1cc(C2C3CC4CC(C3)CC2C4)cc1C(=O)O. The summed E-state index contributed by atoms with van der Waals surface area (Å²) in [6, 6.07) is 1.93. The lowest BCUT2D eigenvalue weighted by Gasteiger charge is -2.54. The molecule has 0 aromatic carbocycles. The zero-order chi connectivity index (χ0) is 13.1. The molecule has 0 spiro atoms. The maximum Gasteiger partial charge on any atom is 0.352 e. The third-order valence-electron chi connectivity index (χ3n) is 5.86. The number of nitrogens with zero attached hydrogens (tertiary/aromatic N) is 1. The molecule has 1 aromatic heterocycles. The summed E-state index contributed by atoms with van der Waals surface area (Å²) in [6.45, 7) is 0. The van der Waals surface area contributed by atoms with Crippen molar-refractivity contribution in [2.24, 2.45) is 30.7 Å². The Morgan fingerprint density at radius 3 is 2.21 bits per heavy atom. The van der Waals surface area contributed by atoms with Crippen molar-refractivity contribution in [2.75, 3.05) is 0 Å². The van der Waals surface area contributed by atoms with E-state index in [2.05, 4.69) is 6.20 Å². The van der Waals surface area contributed by atoms with E-state index in [1.165, 1.54) is 37.7 Å². The Kier molecular flexibility index (Phi) is 2.36. The van der Waals surface area contributed by atoms with Crippen LogP contribution in [0, 0.1) is 23.7 Å². The lowest BCUT2D eigenvalue weighted by Crippen LogP contribution is -2.43. The molecule has 0 atom stereocenters. The summed E-state index contributed by atoms with van der Waals surface area (Å²) in [4.78, 5) is 11.2. The normalized spacial score (nSPS) is 39.7. The Balaban J connectivity index is 1.69. The van der Waals surface area contributed by atoms with Crippen LogP contribution in [0.5, 0.6) is 0 Å². The van der Waals surface area contributed by atoms with Crippen molar-refractivity contribution in [3.8, 4) is 0 Å². The Labute approximate surface area is 113 Å². The highest BCUT2D eigenvalue weighted by Crippen LogP contribution is 2.59. The van der Waals surface area contributed by atoms with Gasteiger partial charge in [-0.15, -0.1) is 0 Å². The quantitative estimate of drug-likeness (QED) is 0.885. The summed E-state index contributed by atoms with van der Waals surface area (Å²) in [6.07, 6.45) is 9.07. The van der Waals surface area contributed by atoms with Crippen LogP contribution in [-0.4, -0.2) is 15.6 Å². The van der Waals surface area contributed by atoms with E-state index in [0.29, 0.717) is 11.6 Å². The van der Waals surface area contributed by atoms with E-state index in [1.807, 2.05) is 13.1 Å². The van der Waals surface area contributed by atoms with Crippen LogP contribution in [0.1, 0.15) is 54.1 Å². The summed E-state index contributed by atoms with van der Waals surface area (Å²) >= 11 is 0. The van der Waals surface area contributed by atoms with Crippen LogP contribution < -0.4 is 0 Å². The molecular formula is C16H21NO2. The molecule has 19 heavy (non-hydrogen) atoms. The smallest absolute Gasteiger partial charge is 0.352 e. The highest BCUT2D eigenvalue weighted by atomic mass is 16.4. The molecule has 1 N–H and O–H groups in total. The van der Waals surface area contributed by atoms with Crippen LogP contribution in [0.25, 0.3) is 0 Å². The molecule has 4 aliphatic rings. The predicted molar refractivity (Wildman–Crippen MR) is 72.2 cm³/mol. The number of aromatic nitrogens is 1. The highest BCUT2D eigenvalue weighted by Gasteiger charge is 2.48. The molecule has 3 heteroatoms. The number of hydrogen-bond donors (Lipinski definition) is 1. The molecule has 4 fully saturated rings. The summed E-state index contributed by atoms with van der Waals surface area (Å²) < 4.78 is 1.78. The van der Waals surface area contributed by atoms with Crippen molar-refractivity contribution in [3.05, 3.63) is 23.5 Å². The minimum Gasteiger partial charge on any atom is -0.477 e. The maximum atomic E-state index is 11.2. The van der Waals surface area contributed by atoms with Gasteiger partial charge in [-0.25, -0.2) is 4.79 Å². The lowest BCUT2D eigenvalue weighted by molar-refractivity contribution is -0.00278. The van der Waals surface area contributed by atoms with Gasteiger partial charge in [-0.3, -0.25) is 0 Å². The van der Waals surface area contributed by atoms with Crippen LogP contribution in [0.2, 0.25) is 0 Å². The third kappa shape index (κ3) is 1.67. The molecule has 5 rings (SSSR count). The average Bonchev–Trinajstić information content (AvgIpc) is 2.69. The molecular weight excluding hydrogens is 238 g/mol. The number of aromatic carboxylic acids is 1. The van der Waals surface area contributed by atoms with E-state index < -0.39 is 5.97 Å². The van der Waals surface area contributed by atoms with Crippen molar-refractivity contribution in [2.45, 2.75) is 38.0 Å². The van der Waals surface area contributed by atoms with Crippen LogP contribution in [0.15, 0.2) is 12.3 Å². The van der Waals surface area contributed by atoms with Crippen molar-refractivity contribution >= 4 is 5.97 Å². The van der Waals surface area contributed by atoms with Crippen LogP contribution >= 0.6 is 0 Å². The van der Waals surface area contributed by atoms with Gasteiger partial charge in [0.15, 0.2) is 0 Å². The van der Waals surface area contributed by atoms with Crippen LogP contribution in [0.4, 0.5) is 0 Å². The van der Waals surface area contributed by atoms with E-state index in [9.17, 15) is 9.90 Å². The monoisotopic (exact) mass is 259 g/mol.